The molecule has 0 bridgehead atoms. The van der Waals surface area contributed by atoms with E-state index in [9.17, 15) is 14.7 Å². The van der Waals surface area contributed by atoms with E-state index in [-0.39, 0.29) is 23.9 Å². The number of hydrogen-bond acceptors (Lipinski definition) is 3. The van der Waals surface area contributed by atoms with E-state index in [1.165, 1.54) is 0 Å². The summed E-state index contributed by atoms with van der Waals surface area (Å²) in [6.45, 7) is 7.88. The van der Waals surface area contributed by atoms with Crippen molar-refractivity contribution >= 4 is 29.1 Å². The number of aryl methyl sites for hydroxylation is 2. The predicted molar refractivity (Wildman–Crippen MR) is 112 cm³/mol. The molecule has 150 valence electrons. The summed E-state index contributed by atoms with van der Waals surface area (Å²) in [5.41, 5.74) is 3.77. The van der Waals surface area contributed by atoms with Gasteiger partial charge in [0.25, 0.3) is 11.5 Å². The van der Waals surface area contributed by atoms with Gasteiger partial charge in [0.15, 0.2) is 0 Å². The van der Waals surface area contributed by atoms with Crippen molar-refractivity contribution < 1.29 is 9.90 Å². The number of nitrogens with zero attached hydrogens (tertiary/aromatic N) is 1. The molecule has 0 fully saturated rings. The van der Waals surface area contributed by atoms with E-state index in [1.54, 1.807) is 17.9 Å². The smallest absolute Gasteiger partial charge is 0.256 e. The number of rotatable bonds is 4. The number of pyridine rings is 1. The molecule has 0 saturated carbocycles. The molecule has 1 aromatic heterocycles. The van der Waals surface area contributed by atoms with Crippen LogP contribution in [0.1, 0.15) is 58.1 Å². The molecule has 0 aliphatic carbocycles. The van der Waals surface area contributed by atoms with Crippen molar-refractivity contribution in [2.45, 2.75) is 52.7 Å². The fourth-order valence-corrected chi connectivity index (χ4v) is 4.40. The Morgan fingerprint density at radius 3 is 2.50 bits per heavy atom. The molecule has 2 atom stereocenters. The number of fused-ring (bicyclic) bond motifs is 1. The second kappa shape index (κ2) is 7.90. The van der Waals surface area contributed by atoms with E-state index in [0.29, 0.717) is 39.7 Å². The SMILES string of the molecule is Cc1cc(C)c(CN2CCc3c(Cl)cc(C(C)C(C)O)c(Cl)c3C2=O)c(=O)[nH]1. The molecule has 0 radical (unpaired) electrons. The van der Waals surface area contributed by atoms with E-state index in [4.69, 9.17) is 23.2 Å². The van der Waals surface area contributed by atoms with Gasteiger partial charge in [-0.2, -0.15) is 0 Å². The highest BCUT2D eigenvalue weighted by molar-refractivity contribution is 6.37. The first-order valence-corrected chi connectivity index (χ1v) is 10.0. The Morgan fingerprint density at radius 1 is 1.21 bits per heavy atom. The van der Waals surface area contributed by atoms with Crippen molar-refractivity contribution in [3.8, 4) is 0 Å². The fraction of sp³-hybridized carbons (Fsp3) is 0.429. The highest BCUT2D eigenvalue weighted by Crippen LogP contribution is 2.38. The number of nitrogens with one attached hydrogen (secondary N) is 1. The van der Waals surface area contributed by atoms with Crippen molar-refractivity contribution in [3.05, 3.63) is 66.0 Å². The lowest BCUT2D eigenvalue weighted by molar-refractivity contribution is 0.0726. The molecule has 1 aliphatic rings. The van der Waals surface area contributed by atoms with Crippen LogP contribution in [0.3, 0.4) is 0 Å². The number of aromatic amines is 1. The van der Waals surface area contributed by atoms with Crippen LogP contribution in [0.25, 0.3) is 0 Å². The minimum atomic E-state index is -0.629. The maximum atomic E-state index is 13.2. The Bertz CT molecular complexity index is 998. The van der Waals surface area contributed by atoms with Crippen LogP contribution in [-0.2, 0) is 13.0 Å². The Kier molecular flexibility index (Phi) is 5.89. The largest absolute Gasteiger partial charge is 0.393 e. The third kappa shape index (κ3) is 3.71. The molecule has 7 heteroatoms. The minimum absolute atomic E-state index is 0.184. The first-order chi connectivity index (χ1) is 13.1. The van der Waals surface area contributed by atoms with E-state index in [2.05, 4.69) is 4.98 Å². The van der Waals surface area contributed by atoms with Crippen molar-refractivity contribution in [2.24, 2.45) is 0 Å². The quantitative estimate of drug-likeness (QED) is 0.782. The number of aliphatic hydroxyl groups excluding tert-OH is 1. The normalized spacial score (nSPS) is 16.1. The van der Waals surface area contributed by atoms with Gasteiger partial charge in [0.2, 0.25) is 0 Å². The zero-order chi connectivity index (χ0) is 20.7. The average Bonchev–Trinajstić information content (AvgIpc) is 2.61. The molecule has 0 saturated heterocycles. The summed E-state index contributed by atoms with van der Waals surface area (Å²) < 4.78 is 0. The van der Waals surface area contributed by atoms with Crippen molar-refractivity contribution in [3.63, 3.8) is 0 Å². The molecule has 3 rings (SSSR count). The van der Waals surface area contributed by atoms with Gasteiger partial charge in [-0.15, -0.1) is 0 Å². The number of hydrogen-bond donors (Lipinski definition) is 2. The van der Waals surface area contributed by atoms with Crippen molar-refractivity contribution in [2.75, 3.05) is 6.54 Å². The van der Waals surface area contributed by atoms with Crippen molar-refractivity contribution in [1.29, 1.82) is 0 Å². The van der Waals surface area contributed by atoms with Crippen LogP contribution < -0.4 is 5.56 Å². The molecule has 2 unspecified atom stereocenters. The topological polar surface area (TPSA) is 73.4 Å². The Labute approximate surface area is 174 Å². The summed E-state index contributed by atoms with van der Waals surface area (Å²) in [7, 11) is 0. The maximum Gasteiger partial charge on any atom is 0.256 e. The van der Waals surface area contributed by atoms with Gasteiger partial charge in [0.1, 0.15) is 0 Å². The average molecular weight is 423 g/mol. The second-order valence-electron chi connectivity index (χ2n) is 7.56. The van der Waals surface area contributed by atoms with Gasteiger partial charge in [0, 0.05) is 28.7 Å². The first kappa shape index (κ1) is 20.9. The molecule has 1 aromatic carbocycles. The zero-order valence-corrected chi connectivity index (χ0v) is 17.9. The Hall–Kier alpha value is -1.82. The van der Waals surface area contributed by atoms with Gasteiger partial charge in [-0.05, 0) is 56.0 Å². The third-order valence-corrected chi connectivity index (χ3v) is 6.28. The minimum Gasteiger partial charge on any atom is -0.393 e. The molecular formula is C21H24Cl2N2O3. The third-order valence-electron chi connectivity index (χ3n) is 5.53. The molecule has 0 spiro atoms. The van der Waals surface area contributed by atoms with Gasteiger partial charge >= 0.3 is 0 Å². The Balaban J connectivity index is 2.02. The monoisotopic (exact) mass is 422 g/mol. The summed E-state index contributed by atoms with van der Waals surface area (Å²) in [6.07, 6.45) is -0.0682. The zero-order valence-electron chi connectivity index (χ0n) is 16.4. The lowest BCUT2D eigenvalue weighted by Gasteiger charge is -2.31. The van der Waals surface area contributed by atoms with Crippen LogP contribution >= 0.6 is 23.2 Å². The lowest BCUT2D eigenvalue weighted by Crippen LogP contribution is -2.39. The number of amides is 1. The van der Waals surface area contributed by atoms with Gasteiger partial charge in [-0.3, -0.25) is 9.59 Å². The number of H-pyrrole nitrogens is 1. The number of aromatic nitrogens is 1. The molecule has 2 aromatic rings. The summed E-state index contributed by atoms with van der Waals surface area (Å²) >= 11 is 13.0. The lowest BCUT2D eigenvalue weighted by atomic mass is 9.89. The summed E-state index contributed by atoms with van der Waals surface area (Å²) in [4.78, 5) is 30.0. The van der Waals surface area contributed by atoms with Crippen LogP contribution in [0.4, 0.5) is 0 Å². The van der Waals surface area contributed by atoms with Crippen LogP contribution in [-0.4, -0.2) is 33.5 Å². The van der Waals surface area contributed by atoms with Gasteiger partial charge in [0.05, 0.1) is 23.2 Å². The van der Waals surface area contributed by atoms with Gasteiger partial charge in [-0.25, -0.2) is 0 Å². The molecule has 2 heterocycles. The van der Waals surface area contributed by atoms with Crippen molar-refractivity contribution in [1.82, 2.24) is 9.88 Å². The molecular weight excluding hydrogens is 399 g/mol. The van der Waals surface area contributed by atoms with E-state index in [1.807, 2.05) is 26.8 Å². The highest BCUT2D eigenvalue weighted by Gasteiger charge is 2.32. The fourth-order valence-electron chi connectivity index (χ4n) is 3.67. The van der Waals surface area contributed by atoms with E-state index >= 15 is 0 Å². The van der Waals surface area contributed by atoms with Crippen LogP contribution in [0.15, 0.2) is 16.9 Å². The second-order valence-corrected chi connectivity index (χ2v) is 8.35. The molecule has 1 aliphatic heterocycles. The van der Waals surface area contributed by atoms with Crippen LogP contribution in [0, 0.1) is 13.8 Å². The predicted octanol–water partition coefficient (Wildman–Crippen LogP) is 3.98. The van der Waals surface area contributed by atoms with E-state index in [0.717, 1.165) is 16.8 Å². The first-order valence-electron chi connectivity index (χ1n) is 9.29. The number of benzene rings is 1. The van der Waals surface area contributed by atoms with Crippen LogP contribution in [0.2, 0.25) is 10.0 Å². The molecule has 28 heavy (non-hydrogen) atoms. The maximum absolute atomic E-state index is 13.2. The van der Waals surface area contributed by atoms with Gasteiger partial charge < -0.3 is 15.0 Å². The number of carbonyl (C=O) groups excluding carboxylic acids is 1. The number of halogens is 2. The Morgan fingerprint density at radius 2 is 1.89 bits per heavy atom. The summed E-state index contributed by atoms with van der Waals surface area (Å²) in [5.74, 6) is -0.507. The summed E-state index contributed by atoms with van der Waals surface area (Å²) in [6, 6.07) is 3.64. The number of carbonyl (C=O) groups is 1. The highest BCUT2D eigenvalue weighted by atomic mass is 35.5. The number of aliphatic hydroxyl groups is 1. The van der Waals surface area contributed by atoms with Crippen LogP contribution in [0.5, 0.6) is 0 Å². The van der Waals surface area contributed by atoms with Gasteiger partial charge in [-0.1, -0.05) is 30.1 Å². The molecule has 5 nitrogen and oxygen atoms in total. The molecule has 2 N–H and O–H groups in total. The molecule has 1 amide bonds. The standard InChI is InChI=1S/C21H24Cl2N2O3/c1-10-7-11(2)24-20(27)16(10)9-25-6-5-14-17(22)8-15(12(3)13(4)26)19(23)18(14)21(25)28/h7-8,12-13,26H,5-6,9H2,1-4H3,(H,24,27). The summed E-state index contributed by atoms with van der Waals surface area (Å²) in [5, 5.41) is 10.8. The van der Waals surface area contributed by atoms with E-state index < -0.39 is 6.10 Å².